The molecule has 0 fully saturated rings. The third kappa shape index (κ3) is 2.71. The molecule has 0 radical (unpaired) electrons. The third-order valence-corrected chi connectivity index (χ3v) is 4.30. The Hall–Kier alpha value is -1.03. The Bertz CT molecular complexity index is 642. The van der Waals surface area contributed by atoms with Gasteiger partial charge in [-0.15, -0.1) is 0 Å². The molecule has 104 valence electrons. The van der Waals surface area contributed by atoms with Crippen LogP contribution >= 0.6 is 27.5 Å². The fraction of sp³-hybridized carbons (Fsp3) is 0.250. The number of hydrogen-bond donors (Lipinski definition) is 1. The Balaban J connectivity index is 1.90. The topological polar surface area (TPSA) is 29.5 Å². The molecular weight excluding hydrogens is 340 g/mol. The van der Waals surface area contributed by atoms with Crippen molar-refractivity contribution in [2.75, 3.05) is 6.61 Å². The van der Waals surface area contributed by atoms with Crippen molar-refractivity contribution in [3.05, 3.63) is 62.6 Å². The summed E-state index contributed by atoms with van der Waals surface area (Å²) in [4.78, 5) is 0. The Labute approximate surface area is 131 Å². The van der Waals surface area contributed by atoms with E-state index in [1.165, 1.54) is 5.56 Å². The van der Waals surface area contributed by atoms with E-state index in [2.05, 4.69) is 22.0 Å². The van der Waals surface area contributed by atoms with Crippen molar-refractivity contribution in [3.63, 3.8) is 0 Å². The average Bonchev–Trinajstić information content (AvgIpc) is 2.87. The lowest BCUT2D eigenvalue weighted by Crippen LogP contribution is -2.04. The zero-order valence-electron chi connectivity index (χ0n) is 10.8. The maximum absolute atomic E-state index is 10.4. The molecule has 0 amide bonds. The van der Waals surface area contributed by atoms with Gasteiger partial charge >= 0.3 is 0 Å². The summed E-state index contributed by atoms with van der Waals surface area (Å²) in [6.45, 7) is 0.709. The first-order chi connectivity index (χ1) is 9.65. The quantitative estimate of drug-likeness (QED) is 0.891. The van der Waals surface area contributed by atoms with Crippen LogP contribution in [0.1, 0.15) is 22.8 Å². The molecule has 0 saturated heterocycles. The molecule has 0 aliphatic carbocycles. The van der Waals surface area contributed by atoms with Crippen LogP contribution in [0.15, 0.2) is 40.9 Å². The van der Waals surface area contributed by atoms with Gasteiger partial charge in [0.15, 0.2) is 0 Å². The average molecular weight is 354 g/mol. The number of aliphatic hydroxyl groups is 1. The maximum atomic E-state index is 10.4. The molecule has 0 spiro atoms. The van der Waals surface area contributed by atoms with Gasteiger partial charge in [0.25, 0.3) is 0 Å². The van der Waals surface area contributed by atoms with Crippen molar-refractivity contribution in [1.29, 1.82) is 0 Å². The van der Waals surface area contributed by atoms with E-state index >= 15 is 0 Å². The molecule has 2 aromatic rings. The first kappa shape index (κ1) is 13.9. The van der Waals surface area contributed by atoms with Crippen LogP contribution in [-0.4, -0.2) is 11.7 Å². The number of benzene rings is 2. The Morgan fingerprint density at radius 1 is 1.30 bits per heavy atom. The van der Waals surface area contributed by atoms with Crippen molar-refractivity contribution >= 4 is 27.5 Å². The highest BCUT2D eigenvalue weighted by Gasteiger charge is 2.20. The van der Waals surface area contributed by atoms with E-state index < -0.39 is 6.10 Å². The van der Waals surface area contributed by atoms with Crippen molar-refractivity contribution in [3.8, 4) is 5.75 Å². The maximum Gasteiger partial charge on any atom is 0.125 e. The van der Waals surface area contributed by atoms with Crippen LogP contribution in [0.4, 0.5) is 0 Å². The monoisotopic (exact) mass is 352 g/mol. The second kappa shape index (κ2) is 5.76. The summed E-state index contributed by atoms with van der Waals surface area (Å²) in [6.07, 6.45) is 0.779. The van der Waals surface area contributed by atoms with Crippen LogP contribution in [0.5, 0.6) is 5.75 Å². The highest BCUT2D eigenvalue weighted by molar-refractivity contribution is 9.10. The fourth-order valence-electron chi connectivity index (χ4n) is 2.56. The Morgan fingerprint density at radius 2 is 2.10 bits per heavy atom. The molecule has 0 aromatic heterocycles. The van der Waals surface area contributed by atoms with E-state index in [1.54, 1.807) is 6.07 Å². The number of fused-ring (bicyclic) bond motifs is 1. The number of halogens is 2. The number of hydrogen-bond acceptors (Lipinski definition) is 2. The standard InChI is InChI=1S/C16H14BrClO2/c17-12-7-10-5-6-20-16(10)11(8-12)9-15(19)13-3-1-2-4-14(13)18/h1-4,7-8,15,19H,5-6,9H2. The molecule has 2 aromatic carbocycles. The molecule has 1 heterocycles. The van der Waals surface area contributed by atoms with Gasteiger partial charge in [0.05, 0.1) is 12.7 Å². The second-order valence-corrected chi connectivity index (χ2v) is 6.22. The Morgan fingerprint density at radius 3 is 2.90 bits per heavy atom. The van der Waals surface area contributed by atoms with E-state index in [0.717, 1.165) is 27.8 Å². The molecular formula is C16H14BrClO2. The van der Waals surface area contributed by atoms with Crippen molar-refractivity contribution in [2.24, 2.45) is 0 Å². The van der Waals surface area contributed by atoms with Gasteiger partial charge in [0.1, 0.15) is 5.75 Å². The SMILES string of the molecule is OC(Cc1cc(Br)cc2c1OCC2)c1ccccc1Cl. The Kier molecular flexibility index (Phi) is 4.01. The van der Waals surface area contributed by atoms with Crippen LogP contribution in [0.25, 0.3) is 0 Å². The normalized spacial score (nSPS) is 14.8. The van der Waals surface area contributed by atoms with Gasteiger partial charge in [-0.2, -0.15) is 0 Å². The van der Waals surface area contributed by atoms with Crippen LogP contribution in [0, 0.1) is 0 Å². The molecule has 0 bridgehead atoms. The molecule has 3 rings (SSSR count). The van der Waals surface area contributed by atoms with Crippen LogP contribution in [0.2, 0.25) is 5.02 Å². The number of rotatable bonds is 3. The van der Waals surface area contributed by atoms with E-state index in [9.17, 15) is 5.11 Å². The molecule has 1 N–H and O–H groups in total. The highest BCUT2D eigenvalue weighted by Crippen LogP contribution is 2.36. The van der Waals surface area contributed by atoms with Crippen LogP contribution in [-0.2, 0) is 12.8 Å². The van der Waals surface area contributed by atoms with E-state index in [0.29, 0.717) is 18.1 Å². The molecule has 0 saturated carbocycles. The summed E-state index contributed by atoms with van der Waals surface area (Å²) < 4.78 is 6.70. The van der Waals surface area contributed by atoms with Crippen molar-refractivity contribution in [1.82, 2.24) is 0 Å². The van der Waals surface area contributed by atoms with Crippen LogP contribution < -0.4 is 4.74 Å². The molecule has 4 heteroatoms. The molecule has 1 aliphatic rings. The number of ether oxygens (including phenoxy) is 1. The minimum absolute atomic E-state index is 0.492. The zero-order valence-corrected chi connectivity index (χ0v) is 13.1. The number of aliphatic hydroxyl groups excluding tert-OH is 1. The fourth-order valence-corrected chi connectivity index (χ4v) is 3.38. The molecule has 20 heavy (non-hydrogen) atoms. The lowest BCUT2D eigenvalue weighted by Gasteiger charge is -2.15. The van der Waals surface area contributed by atoms with Crippen molar-refractivity contribution in [2.45, 2.75) is 18.9 Å². The lowest BCUT2D eigenvalue weighted by molar-refractivity contribution is 0.177. The largest absolute Gasteiger partial charge is 0.493 e. The van der Waals surface area contributed by atoms with Gasteiger partial charge in [-0.05, 0) is 34.9 Å². The van der Waals surface area contributed by atoms with Crippen molar-refractivity contribution < 1.29 is 9.84 Å². The first-order valence-electron chi connectivity index (χ1n) is 6.52. The van der Waals surface area contributed by atoms with Crippen LogP contribution in [0.3, 0.4) is 0 Å². The lowest BCUT2D eigenvalue weighted by atomic mass is 9.99. The summed E-state index contributed by atoms with van der Waals surface area (Å²) in [5, 5.41) is 11.0. The van der Waals surface area contributed by atoms with E-state index in [1.807, 2.05) is 24.3 Å². The van der Waals surface area contributed by atoms with Gasteiger partial charge in [0.2, 0.25) is 0 Å². The summed E-state index contributed by atoms with van der Waals surface area (Å²) in [7, 11) is 0. The first-order valence-corrected chi connectivity index (χ1v) is 7.69. The summed E-state index contributed by atoms with van der Waals surface area (Å²) in [5.41, 5.74) is 2.96. The predicted molar refractivity (Wildman–Crippen MR) is 83.5 cm³/mol. The highest BCUT2D eigenvalue weighted by atomic mass is 79.9. The van der Waals surface area contributed by atoms with Gasteiger partial charge in [-0.25, -0.2) is 0 Å². The minimum Gasteiger partial charge on any atom is -0.493 e. The third-order valence-electron chi connectivity index (χ3n) is 3.50. The molecule has 2 nitrogen and oxygen atoms in total. The van der Waals surface area contributed by atoms with Gasteiger partial charge < -0.3 is 9.84 Å². The zero-order chi connectivity index (χ0) is 14.1. The van der Waals surface area contributed by atoms with Gasteiger partial charge in [-0.3, -0.25) is 0 Å². The smallest absolute Gasteiger partial charge is 0.125 e. The summed E-state index contributed by atoms with van der Waals surface area (Å²) >= 11 is 9.65. The second-order valence-electron chi connectivity index (χ2n) is 4.89. The van der Waals surface area contributed by atoms with E-state index in [4.69, 9.17) is 16.3 Å². The van der Waals surface area contributed by atoms with Gasteiger partial charge in [-0.1, -0.05) is 45.7 Å². The molecule has 1 aliphatic heterocycles. The van der Waals surface area contributed by atoms with Gasteiger partial charge in [0, 0.05) is 22.3 Å². The summed E-state index contributed by atoms with van der Waals surface area (Å²) in [5.74, 6) is 0.916. The predicted octanol–water partition coefficient (Wildman–Crippen LogP) is 4.31. The van der Waals surface area contributed by atoms with E-state index in [-0.39, 0.29) is 0 Å². The molecule has 1 atom stereocenters. The summed E-state index contributed by atoms with van der Waals surface area (Å²) in [6, 6.07) is 11.5. The molecule has 1 unspecified atom stereocenters. The minimum atomic E-state index is -0.633.